The van der Waals surface area contributed by atoms with Gasteiger partial charge in [-0.05, 0) is 37.8 Å². The van der Waals surface area contributed by atoms with Crippen molar-refractivity contribution in [2.45, 2.75) is 52.1 Å². The zero-order valence-electron chi connectivity index (χ0n) is 10.2. The van der Waals surface area contributed by atoms with Crippen LogP contribution in [-0.4, -0.2) is 25.8 Å². The Kier molecular flexibility index (Phi) is 3.96. The molecule has 0 saturated carbocycles. The van der Waals surface area contributed by atoms with Crippen LogP contribution < -0.4 is 5.32 Å². The van der Waals surface area contributed by atoms with Gasteiger partial charge in [-0.3, -0.25) is 0 Å². The summed E-state index contributed by atoms with van der Waals surface area (Å²) in [7, 11) is 1.87. The predicted octanol–water partition coefficient (Wildman–Crippen LogP) is 2.58. The maximum Gasteiger partial charge on any atom is 0.0708 e. The van der Waals surface area contributed by atoms with Crippen LogP contribution in [0.4, 0.5) is 0 Å². The standard InChI is InChI=1S/C12H25NO/c1-5-11(2,3)10-12(14-4)6-8-13-9-7-12/h13H,5-10H2,1-4H3. The van der Waals surface area contributed by atoms with E-state index in [1.54, 1.807) is 0 Å². The second-order valence-corrected chi connectivity index (χ2v) is 5.33. The van der Waals surface area contributed by atoms with E-state index in [9.17, 15) is 0 Å². The molecule has 0 radical (unpaired) electrons. The molecule has 1 saturated heterocycles. The Labute approximate surface area is 88.4 Å². The SMILES string of the molecule is CCC(C)(C)CC1(OC)CCNCC1. The minimum absolute atomic E-state index is 0.144. The average Bonchev–Trinajstić information content (AvgIpc) is 2.19. The average molecular weight is 199 g/mol. The van der Waals surface area contributed by atoms with Gasteiger partial charge in [0.15, 0.2) is 0 Å². The lowest BCUT2D eigenvalue weighted by Gasteiger charge is -2.41. The van der Waals surface area contributed by atoms with Crippen molar-refractivity contribution in [3.8, 4) is 0 Å². The van der Waals surface area contributed by atoms with Gasteiger partial charge >= 0.3 is 0 Å². The number of rotatable bonds is 4. The third kappa shape index (κ3) is 2.96. The van der Waals surface area contributed by atoms with Crippen LogP contribution in [0.2, 0.25) is 0 Å². The molecule has 0 aromatic rings. The fourth-order valence-electron chi connectivity index (χ4n) is 2.33. The van der Waals surface area contributed by atoms with Gasteiger partial charge in [-0.1, -0.05) is 27.2 Å². The summed E-state index contributed by atoms with van der Waals surface area (Å²) in [5, 5.41) is 3.40. The van der Waals surface area contributed by atoms with E-state index in [2.05, 4.69) is 26.1 Å². The molecule has 0 atom stereocenters. The van der Waals surface area contributed by atoms with Crippen LogP contribution in [0, 0.1) is 5.41 Å². The first-order valence-corrected chi connectivity index (χ1v) is 5.79. The first-order chi connectivity index (χ1) is 6.54. The van der Waals surface area contributed by atoms with Crippen molar-refractivity contribution in [3.05, 3.63) is 0 Å². The number of ether oxygens (including phenoxy) is 1. The van der Waals surface area contributed by atoms with E-state index in [0.717, 1.165) is 25.9 Å². The van der Waals surface area contributed by atoms with Gasteiger partial charge < -0.3 is 10.1 Å². The normalized spacial score (nSPS) is 22.3. The van der Waals surface area contributed by atoms with E-state index in [1.807, 2.05) is 7.11 Å². The van der Waals surface area contributed by atoms with Crippen LogP contribution in [0.15, 0.2) is 0 Å². The lowest BCUT2D eigenvalue weighted by molar-refractivity contribution is -0.0640. The number of nitrogens with one attached hydrogen (secondary N) is 1. The molecule has 1 aliphatic heterocycles. The van der Waals surface area contributed by atoms with Gasteiger partial charge in [-0.2, -0.15) is 0 Å². The highest BCUT2D eigenvalue weighted by atomic mass is 16.5. The summed E-state index contributed by atoms with van der Waals surface area (Å²) in [5.41, 5.74) is 0.554. The van der Waals surface area contributed by atoms with Crippen molar-refractivity contribution in [1.82, 2.24) is 5.32 Å². The fourth-order valence-corrected chi connectivity index (χ4v) is 2.33. The topological polar surface area (TPSA) is 21.3 Å². The van der Waals surface area contributed by atoms with Crippen molar-refractivity contribution >= 4 is 0 Å². The highest BCUT2D eigenvalue weighted by Crippen LogP contribution is 2.37. The number of hydrogen-bond acceptors (Lipinski definition) is 2. The summed E-state index contributed by atoms with van der Waals surface area (Å²) in [6.07, 6.45) is 4.74. The lowest BCUT2D eigenvalue weighted by atomic mass is 9.74. The number of piperidine rings is 1. The number of hydrogen-bond donors (Lipinski definition) is 1. The molecule has 0 amide bonds. The van der Waals surface area contributed by atoms with Crippen LogP contribution in [0.25, 0.3) is 0 Å². The van der Waals surface area contributed by atoms with Gasteiger partial charge in [0.05, 0.1) is 5.60 Å². The third-order valence-electron chi connectivity index (χ3n) is 3.71. The highest BCUT2D eigenvalue weighted by molar-refractivity contribution is 4.90. The molecule has 0 bridgehead atoms. The van der Waals surface area contributed by atoms with Crippen LogP contribution >= 0.6 is 0 Å². The van der Waals surface area contributed by atoms with Gasteiger partial charge in [0, 0.05) is 7.11 Å². The first kappa shape index (κ1) is 12.0. The molecule has 0 spiro atoms. The van der Waals surface area contributed by atoms with Gasteiger partial charge in [0.25, 0.3) is 0 Å². The first-order valence-electron chi connectivity index (χ1n) is 5.79. The molecule has 1 N–H and O–H groups in total. The minimum atomic E-state index is 0.144. The molecule has 1 fully saturated rings. The van der Waals surface area contributed by atoms with E-state index < -0.39 is 0 Å². The Morgan fingerprint density at radius 2 is 1.86 bits per heavy atom. The van der Waals surface area contributed by atoms with E-state index in [-0.39, 0.29) is 5.60 Å². The molecule has 84 valence electrons. The van der Waals surface area contributed by atoms with Crippen molar-refractivity contribution in [2.24, 2.45) is 5.41 Å². The molecule has 0 unspecified atom stereocenters. The Morgan fingerprint density at radius 3 is 2.29 bits per heavy atom. The molecule has 2 heteroatoms. The van der Waals surface area contributed by atoms with Crippen molar-refractivity contribution in [3.63, 3.8) is 0 Å². The van der Waals surface area contributed by atoms with Crippen LogP contribution in [0.1, 0.15) is 46.5 Å². The molecule has 0 aliphatic carbocycles. The maximum atomic E-state index is 5.78. The smallest absolute Gasteiger partial charge is 0.0708 e. The summed E-state index contributed by atoms with van der Waals surface area (Å²) in [4.78, 5) is 0. The minimum Gasteiger partial charge on any atom is -0.378 e. The Bertz CT molecular complexity index is 171. The van der Waals surface area contributed by atoms with E-state index in [4.69, 9.17) is 4.74 Å². The summed E-state index contributed by atoms with van der Waals surface area (Å²) < 4.78 is 5.78. The molecule has 2 nitrogen and oxygen atoms in total. The van der Waals surface area contributed by atoms with Crippen molar-refractivity contribution < 1.29 is 4.74 Å². The quantitative estimate of drug-likeness (QED) is 0.751. The molecule has 1 aliphatic rings. The monoisotopic (exact) mass is 199 g/mol. The Hall–Kier alpha value is -0.0800. The van der Waals surface area contributed by atoms with Crippen LogP contribution in [0.3, 0.4) is 0 Å². The van der Waals surface area contributed by atoms with E-state index in [1.165, 1.54) is 12.8 Å². The van der Waals surface area contributed by atoms with Crippen LogP contribution in [-0.2, 0) is 4.74 Å². The summed E-state index contributed by atoms with van der Waals surface area (Å²) in [6, 6.07) is 0. The van der Waals surface area contributed by atoms with Crippen molar-refractivity contribution in [2.75, 3.05) is 20.2 Å². The second-order valence-electron chi connectivity index (χ2n) is 5.33. The van der Waals surface area contributed by atoms with E-state index >= 15 is 0 Å². The molecule has 14 heavy (non-hydrogen) atoms. The van der Waals surface area contributed by atoms with Gasteiger partial charge in [0.2, 0.25) is 0 Å². The molecule has 1 heterocycles. The predicted molar refractivity (Wildman–Crippen MR) is 60.5 cm³/mol. The number of methoxy groups -OCH3 is 1. The zero-order chi connectivity index (χ0) is 10.7. The third-order valence-corrected chi connectivity index (χ3v) is 3.71. The largest absolute Gasteiger partial charge is 0.378 e. The van der Waals surface area contributed by atoms with Crippen molar-refractivity contribution in [1.29, 1.82) is 0 Å². The summed E-state index contributed by atoms with van der Waals surface area (Å²) >= 11 is 0. The Balaban J connectivity index is 2.60. The zero-order valence-corrected chi connectivity index (χ0v) is 10.2. The fraction of sp³-hybridized carbons (Fsp3) is 1.00. The molecule has 0 aromatic carbocycles. The summed E-state index contributed by atoms with van der Waals surface area (Å²) in [6.45, 7) is 9.16. The summed E-state index contributed by atoms with van der Waals surface area (Å²) in [5.74, 6) is 0. The lowest BCUT2D eigenvalue weighted by Crippen LogP contribution is -2.45. The second kappa shape index (κ2) is 4.63. The van der Waals surface area contributed by atoms with Gasteiger partial charge in [-0.15, -0.1) is 0 Å². The van der Waals surface area contributed by atoms with E-state index in [0.29, 0.717) is 5.41 Å². The molecular weight excluding hydrogens is 174 g/mol. The van der Waals surface area contributed by atoms with Crippen LogP contribution in [0.5, 0.6) is 0 Å². The highest BCUT2D eigenvalue weighted by Gasteiger charge is 2.36. The van der Waals surface area contributed by atoms with Gasteiger partial charge in [0.1, 0.15) is 0 Å². The molecule has 1 rings (SSSR count). The van der Waals surface area contributed by atoms with Gasteiger partial charge in [-0.25, -0.2) is 0 Å². The molecular formula is C12H25NO. The Morgan fingerprint density at radius 1 is 1.29 bits per heavy atom. The molecule has 0 aromatic heterocycles. The maximum absolute atomic E-state index is 5.78.